The predicted octanol–water partition coefficient (Wildman–Crippen LogP) is 0.964. The first kappa shape index (κ1) is 8.42. The number of hydrogen-bond acceptors (Lipinski definition) is 4. The van der Waals surface area contributed by atoms with Gasteiger partial charge in [0.05, 0.1) is 9.77 Å². The molecule has 0 saturated carbocycles. The van der Waals surface area contributed by atoms with Crippen molar-refractivity contribution >= 4 is 27.5 Å². The molecule has 0 spiro atoms. The van der Waals surface area contributed by atoms with Crippen LogP contribution in [0.4, 0.5) is 0 Å². The van der Waals surface area contributed by atoms with E-state index < -0.39 is 9.84 Å². The molecule has 11 heavy (non-hydrogen) atoms. The number of aldehydes is 1. The highest BCUT2D eigenvalue weighted by atomic mass is 32.2. The van der Waals surface area contributed by atoms with Crippen molar-refractivity contribution in [2.75, 3.05) is 6.26 Å². The third-order valence-electron chi connectivity index (χ3n) is 1.14. The van der Waals surface area contributed by atoms with Gasteiger partial charge in [0.25, 0.3) is 0 Å². The Kier molecular flexibility index (Phi) is 2.10. The highest BCUT2D eigenvalue weighted by Gasteiger charge is 2.08. The van der Waals surface area contributed by atoms with Gasteiger partial charge in [-0.25, -0.2) is 8.42 Å². The Bertz CT molecular complexity index is 361. The summed E-state index contributed by atoms with van der Waals surface area (Å²) in [7, 11) is -3.14. The van der Waals surface area contributed by atoms with Crippen LogP contribution in [0.25, 0.3) is 0 Å². The second-order valence-electron chi connectivity index (χ2n) is 2.07. The van der Waals surface area contributed by atoms with Crippen molar-refractivity contribution in [2.24, 2.45) is 0 Å². The van der Waals surface area contributed by atoms with Crippen LogP contribution in [-0.2, 0) is 9.84 Å². The smallest absolute Gasteiger partial charge is 0.176 e. The monoisotopic (exact) mass is 190 g/mol. The summed E-state index contributed by atoms with van der Waals surface area (Å²) in [6.45, 7) is 0. The highest BCUT2D eigenvalue weighted by molar-refractivity contribution is 7.90. The molecule has 1 rings (SSSR count). The van der Waals surface area contributed by atoms with Crippen LogP contribution in [0.1, 0.15) is 9.67 Å². The normalized spacial score (nSPS) is 11.4. The molecule has 0 aliphatic rings. The third-order valence-corrected chi connectivity index (χ3v) is 3.24. The van der Waals surface area contributed by atoms with Crippen LogP contribution in [0.3, 0.4) is 0 Å². The van der Waals surface area contributed by atoms with Crippen molar-refractivity contribution in [1.29, 1.82) is 0 Å². The van der Waals surface area contributed by atoms with Crippen LogP contribution >= 0.6 is 11.3 Å². The summed E-state index contributed by atoms with van der Waals surface area (Å²) < 4.78 is 21.7. The molecule has 3 nitrogen and oxygen atoms in total. The largest absolute Gasteiger partial charge is 0.297 e. The molecule has 0 radical (unpaired) electrons. The fourth-order valence-corrected chi connectivity index (χ4v) is 2.42. The average molecular weight is 190 g/mol. The Labute approximate surface area is 68.6 Å². The lowest BCUT2D eigenvalue weighted by Gasteiger charge is -1.87. The van der Waals surface area contributed by atoms with Gasteiger partial charge in [-0.1, -0.05) is 0 Å². The maximum absolute atomic E-state index is 10.9. The summed E-state index contributed by atoms with van der Waals surface area (Å²) in [5.41, 5.74) is 0. The molecule has 0 bridgehead atoms. The van der Waals surface area contributed by atoms with E-state index in [-0.39, 0.29) is 4.90 Å². The molecule has 5 heteroatoms. The van der Waals surface area contributed by atoms with Gasteiger partial charge in [0.1, 0.15) is 0 Å². The minimum atomic E-state index is -3.14. The van der Waals surface area contributed by atoms with Gasteiger partial charge in [-0.05, 0) is 6.07 Å². The van der Waals surface area contributed by atoms with Gasteiger partial charge >= 0.3 is 0 Å². The Balaban J connectivity index is 3.18. The van der Waals surface area contributed by atoms with Crippen LogP contribution in [-0.4, -0.2) is 21.0 Å². The van der Waals surface area contributed by atoms with Crippen LogP contribution in [0, 0.1) is 0 Å². The van der Waals surface area contributed by atoms with Crippen LogP contribution in [0.5, 0.6) is 0 Å². The van der Waals surface area contributed by atoms with E-state index in [0.717, 1.165) is 17.6 Å². The quantitative estimate of drug-likeness (QED) is 0.653. The van der Waals surface area contributed by atoms with E-state index in [1.54, 1.807) is 0 Å². The van der Waals surface area contributed by atoms with Crippen molar-refractivity contribution in [3.63, 3.8) is 0 Å². The van der Waals surface area contributed by atoms with Crippen molar-refractivity contribution < 1.29 is 13.2 Å². The molecule has 0 unspecified atom stereocenters. The van der Waals surface area contributed by atoms with Gasteiger partial charge < -0.3 is 0 Å². The fourth-order valence-electron chi connectivity index (χ4n) is 0.591. The summed E-state index contributed by atoms with van der Waals surface area (Å²) in [5, 5.41) is 1.46. The molecule has 0 amide bonds. The van der Waals surface area contributed by atoms with Gasteiger partial charge in [0.2, 0.25) is 0 Å². The van der Waals surface area contributed by atoms with Gasteiger partial charge in [0.15, 0.2) is 16.1 Å². The van der Waals surface area contributed by atoms with Crippen LogP contribution in [0.15, 0.2) is 16.3 Å². The third kappa shape index (κ3) is 1.87. The van der Waals surface area contributed by atoms with Gasteiger partial charge in [-0.3, -0.25) is 4.79 Å². The van der Waals surface area contributed by atoms with E-state index in [2.05, 4.69) is 0 Å². The molecule has 1 heterocycles. The minimum absolute atomic E-state index is 0.213. The SMILES string of the molecule is CS(=O)(=O)c1csc(C=O)c1. The van der Waals surface area contributed by atoms with Gasteiger partial charge in [0, 0.05) is 11.6 Å². The summed E-state index contributed by atoms with van der Waals surface area (Å²) in [6.07, 6.45) is 1.75. The first-order chi connectivity index (χ1) is 5.04. The molecule has 60 valence electrons. The van der Waals surface area contributed by atoms with E-state index in [1.165, 1.54) is 11.4 Å². The lowest BCUT2D eigenvalue weighted by atomic mass is 10.5. The van der Waals surface area contributed by atoms with Crippen molar-refractivity contribution in [1.82, 2.24) is 0 Å². The average Bonchev–Trinajstić information content (AvgIpc) is 2.32. The summed E-state index contributed by atoms with van der Waals surface area (Å²) in [6, 6.07) is 1.37. The molecule has 1 aromatic rings. The molecule has 0 fully saturated rings. The molecule has 0 atom stereocenters. The number of thiophene rings is 1. The van der Waals surface area contributed by atoms with Gasteiger partial charge in [-0.2, -0.15) is 0 Å². The van der Waals surface area contributed by atoms with E-state index in [4.69, 9.17) is 0 Å². The summed E-state index contributed by atoms with van der Waals surface area (Å²) >= 11 is 1.13. The maximum Gasteiger partial charge on any atom is 0.176 e. The molecular weight excluding hydrogens is 184 g/mol. The van der Waals surface area contributed by atoms with Gasteiger partial charge in [-0.15, -0.1) is 11.3 Å². The molecule has 0 saturated heterocycles. The van der Waals surface area contributed by atoms with Crippen LogP contribution in [0.2, 0.25) is 0 Å². The maximum atomic E-state index is 10.9. The summed E-state index contributed by atoms with van der Waals surface area (Å²) in [5.74, 6) is 0. The first-order valence-electron chi connectivity index (χ1n) is 2.78. The Hall–Kier alpha value is -0.680. The number of carbonyl (C=O) groups is 1. The lowest BCUT2D eigenvalue weighted by Crippen LogP contribution is -1.93. The van der Waals surface area contributed by atoms with Crippen LogP contribution < -0.4 is 0 Å². The molecule has 0 N–H and O–H groups in total. The number of carbonyl (C=O) groups excluding carboxylic acids is 1. The number of hydrogen-bond donors (Lipinski definition) is 0. The van der Waals surface area contributed by atoms with E-state index in [0.29, 0.717) is 11.2 Å². The Morgan fingerprint density at radius 2 is 2.18 bits per heavy atom. The second kappa shape index (κ2) is 2.75. The van der Waals surface area contributed by atoms with Crippen molar-refractivity contribution in [3.05, 3.63) is 16.3 Å². The molecule has 0 aliphatic carbocycles. The zero-order valence-corrected chi connectivity index (χ0v) is 7.41. The van der Waals surface area contributed by atoms with E-state index in [1.807, 2.05) is 0 Å². The summed E-state index contributed by atoms with van der Waals surface area (Å²) in [4.78, 5) is 10.8. The first-order valence-corrected chi connectivity index (χ1v) is 5.55. The van der Waals surface area contributed by atoms with Crippen molar-refractivity contribution in [3.8, 4) is 0 Å². The van der Waals surface area contributed by atoms with E-state index >= 15 is 0 Å². The molecule has 0 aromatic carbocycles. The highest BCUT2D eigenvalue weighted by Crippen LogP contribution is 2.16. The molecular formula is C6H6O3S2. The van der Waals surface area contributed by atoms with Crippen molar-refractivity contribution in [2.45, 2.75) is 4.90 Å². The number of sulfone groups is 1. The Morgan fingerprint density at radius 1 is 1.55 bits per heavy atom. The second-order valence-corrected chi connectivity index (χ2v) is 5.03. The minimum Gasteiger partial charge on any atom is -0.297 e. The standard InChI is InChI=1S/C6H6O3S2/c1-11(8,9)6-2-5(3-7)10-4-6/h2-4H,1H3. The molecule has 0 aliphatic heterocycles. The number of rotatable bonds is 2. The zero-order valence-electron chi connectivity index (χ0n) is 5.77. The Morgan fingerprint density at radius 3 is 2.45 bits per heavy atom. The fraction of sp³-hybridized carbons (Fsp3) is 0.167. The zero-order chi connectivity index (χ0) is 8.48. The predicted molar refractivity (Wildman–Crippen MR) is 42.8 cm³/mol. The van der Waals surface area contributed by atoms with E-state index in [9.17, 15) is 13.2 Å². The lowest BCUT2D eigenvalue weighted by molar-refractivity contribution is 0.112. The topological polar surface area (TPSA) is 51.2 Å². The molecule has 1 aromatic heterocycles.